The number of nitrogens with two attached hydrogens (primary N) is 1. The minimum Gasteiger partial charge on any atom is -0.330 e. The molecule has 0 aromatic carbocycles. The van der Waals surface area contributed by atoms with E-state index in [0.29, 0.717) is 5.41 Å². The normalized spacial score (nSPS) is 21.6. The minimum atomic E-state index is 0.560. The zero-order valence-corrected chi connectivity index (χ0v) is 7.06. The molecule has 0 atom stereocenters. The Hall–Kier alpha value is -0.0800. The van der Waals surface area contributed by atoms with Gasteiger partial charge in [0.25, 0.3) is 0 Å². The van der Waals surface area contributed by atoms with Crippen LogP contribution in [0.2, 0.25) is 0 Å². The van der Waals surface area contributed by atoms with E-state index in [2.05, 4.69) is 19.0 Å². The maximum atomic E-state index is 5.64. The molecule has 0 aromatic heterocycles. The quantitative estimate of drug-likeness (QED) is 0.625. The largest absolute Gasteiger partial charge is 0.330 e. The minimum absolute atomic E-state index is 0.560. The van der Waals surface area contributed by atoms with Crippen LogP contribution in [0, 0.1) is 5.41 Å². The topological polar surface area (TPSA) is 29.3 Å². The van der Waals surface area contributed by atoms with Crippen LogP contribution in [-0.2, 0) is 0 Å². The molecule has 0 bridgehead atoms. The van der Waals surface area contributed by atoms with E-state index in [0.717, 1.165) is 6.54 Å². The first-order chi connectivity index (χ1) is 4.68. The maximum Gasteiger partial charge on any atom is -0.00191 e. The molecule has 2 heteroatoms. The Bertz CT molecular complexity index is 106. The summed E-state index contributed by atoms with van der Waals surface area (Å²) in [4.78, 5) is 2.23. The summed E-state index contributed by atoms with van der Waals surface area (Å²) in [6.07, 6.45) is 4.01. The van der Waals surface area contributed by atoms with Gasteiger partial charge in [0.15, 0.2) is 0 Å². The van der Waals surface area contributed by atoms with Crippen molar-refractivity contribution >= 4 is 0 Å². The van der Waals surface area contributed by atoms with E-state index in [1.54, 1.807) is 0 Å². The predicted molar refractivity (Wildman–Crippen MR) is 43.9 cm³/mol. The van der Waals surface area contributed by atoms with Gasteiger partial charge in [0, 0.05) is 0 Å². The van der Waals surface area contributed by atoms with Gasteiger partial charge >= 0.3 is 0 Å². The molecule has 0 aromatic rings. The van der Waals surface area contributed by atoms with Crippen molar-refractivity contribution < 1.29 is 0 Å². The fourth-order valence-electron chi connectivity index (χ4n) is 1.19. The summed E-state index contributed by atoms with van der Waals surface area (Å²) < 4.78 is 0. The van der Waals surface area contributed by atoms with Gasteiger partial charge in [-0.05, 0) is 51.9 Å². The average molecular weight is 142 g/mol. The van der Waals surface area contributed by atoms with Crippen LogP contribution in [0.15, 0.2) is 0 Å². The van der Waals surface area contributed by atoms with Gasteiger partial charge in [0.1, 0.15) is 0 Å². The second-order valence-corrected chi connectivity index (χ2v) is 3.76. The molecule has 0 unspecified atom stereocenters. The Morgan fingerprint density at radius 3 is 2.30 bits per heavy atom. The van der Waals surface area contributed by atoms with E-state index in [-0.39, 0.29) is 0 Å². The number of nitrogens with zero attached hydrogens (tertiary/aromatic N) is 1. The van der Waals surface area contributed by atoms with Crippen LogP contribution in [0.3, 0.4) is 0 Å². The van der Waals surface area contributed by atoms with Gasteiger partial charge in [-0.3, -0.25) is 0 Å². The molecule has 0 spiro atoms. The fraction of sp³-hybridized carbons (Fsp3) is 1.00. The smallest absolute Gasteiger partial charge is 0.00191 e. The lowest BCUT2D eigenvalue weighted by atomic mass is 10.0. The van der Waals surface area contributed by atoms with Crippen molar-refractivity contribution in [1.82, 2.24) is 4.90 Å². The highest BCUT2D eigenvalue weighted by Crippen LogP contribution is 2.47. The molecule has 1 rings (SSSR count). The van der Waals surface area contributed by atoms with Crippen LogP contribution in [0.1, 0.15) is 19.3 Å². The number of hydrogen-bond acceptors (Lipinski definition) is 2. The molecule has 0 amide bonds. The second-order valence-electron chi connectivity index (χ2n) is 3.76. The molecule has 0 heterocycles. The van der Waals surface area contributed by atoms with Crippen molar-refractivity contribution in [1.29, 1.82) is 0 Å². The van der Waals surface area contributed by atoms with Gasteiger partial charge in [-0.2, -0.15) is 0 Å². The molecule has 0 saturated heterocycles. The second kappa shape index (κ2) is 2.89. The van der Waals surface area contributed by atoms with Crippen LogP contribution in [0.5, 0.6) is 0 Å². The van der Waals surface area contributed by atoms with Crippen LogP contribution in [0.25, 0.3) is 0 Å². The third-order valence-corrected chi connectivity index (χ3v) is 2.48. The molecule has 2 nitrogen and oxygen atoms in total. The molecular weight excluding hydrogens is 124 g/mol. The first-order valence-corrected chi connectivity index (χ1v) is 4.03. The molecule has 10 heavy (non-hydrogen) atoms. The lowest BCUT2D eigenvalue weighted by Crippen LogP contribution is -2.22. The van der Waals surface area contributed by atoms with Gasteiger partial charge in [-0.1, -0.05) is 0 Å². The van der Waals surface area contributed by atoms with E-state index in [1.165, 1.54) is 25.8 Å². The van der Waals surface area contributed by atoms with Crippen LogP contribution < -0.4 is 5.73 Å². The molecule has 2 N–H and O–H groups in total. The van der Waals surface area contributed by atoms with Gasteiger partial charge < -0.3 is 10.6 Å². The third kappa shape index (κ3) is 1.96. The van der Waals surface area contributed by atoms with Crippen molar-refractivity contribution in [2.75, 3.05) is 27.2 Å². The van der Waals surface area contributed by atoms with Crippen LogP contribution >= 0.6 is 0 Å². The van der Waals surface area contributed by atoms with Gasteiger partial charge in [0.2, 0.25) is 0 Å². The van der Waals surface area contributed by atoms with Gasteiger partial charge in [-0.25, -0.2) is 0 Å². The van der Waals surface area contributed by atoms with E-state index < -0.39 is 0 Å². The van der Waals surface area contributed by atoms with Gasteiger partial charge in [0.05, 0.1) is 0 Å². The Morgan fingerprint density at radius 2 is 2.00 bits per heavy atom. The zero-order valence-electron chi connectivity index (χ0n) is 7.06. The summed E-state index contributed by atoms with van der Waals surface area (Å²) in [6.45, 7) is 2.08. The maximum absolute atomic E-state index is 5.64. The Labute approximate surface area is 63.4 Å². The molecule has 1 fully saturated rings. The predicted octanol–water partition coefficient (Wildman–Crippen LogP) is 0.677. The van der Waals surface area contributed by atoms with Crippen molar-refractivity contribution in [2.45, 2.75) is 19.3 Å². The lowest BCUT2D eigenvalue weighted by Gasteiger charge is -2.15. The standard InChI is InChI=1S/C8H18N2/c1-10(2)6-5-8(7-9)3-4-8/h3-7,9H2,1-2H3. The van der Waals surface area contributed by atoms with Crippen LogP contribution in [0.4, 0.5) is 0 Å². The highest BCUT2D eigenvalue weighted by atomic mass is 15.0. The van der Waals surface area contributed by atoms with E-state index in [4.69, 9.17) is 5.73 Å². The number of hydrogen-bond donors (Lipinski definition) is 1. The highest BCUT2D eigenvalue weighted by molar-refractivity contribution is 4.93. The monoisotopic (exact) mass is 142 g/mol. The zero-order chi connectivity index (χ0) is 7.61. The molecule has 1 saturated carbocycles. The summed E-state index contributed by atoms with van der Waals surface area (Å²) in [5.74, 6) is 0. The molecule has 1 aliphatic rings. The first-order valence-electron chi connectivity index (χ1n) is 4.03. The highest BCUT2D eigenvalue weighted by Gasteiger charge is 2.40. The van der Waals surface area contributed by atoms with Crippen molar-refractivity contribution in [3.05, 3.63) is 0 Å². The molecular formula is C8H18N2. The van der Waals surface area contributed by atoms with E-state index in [9.17, 15) is 0 Å². The summed E-state index contributed by atoms with van der Waals surface area (Å²) in [6, 6.07) is 0. The Balaban J connectivity index is 2.13. The molecule has 0 radical (unpaired) electrons. The van der Waals surface area contributed by atoms with E-state index >= 15 is 0 Å². The lowest BCUT2D eigenvalue weighted by molar-refractivity contribution is 0.342. The molecule has 0 aliphatic heterocycles. The van der Waals surface area contributed by atoms with Crippen molar-refractivity contribution in [3.63, 3.8) is 0 Å². The average Bonchev–Trinajstić information content (AvgIpc) is 2.64. The summed E-state index contributed by atoms with van der Waals surface area (Å²) in [5, 5.41) is 0. The van der Waals surface area contributed by atoms with Crippen molar-refractivity contribution in [2.24, 2.45) is 11.1 Å². The summed E-state index contributed by atoms with van der Waals surface area (Å²) >= 11 is 0. The van der Waals surface area contributed by atoms with E-state index in [1.807, 2.05) is 0 Å². The first kappa shape index (κ1) is 8.02. The Morgan fingerprint density at radius 1 is 1.40 bits per heavy atom. The number of rotatable bonds is 4. The summed E-state index contributed by atoms with van der Waals surface area (Å²) in [5.41, 5.74) is 6.20. The molecule has 60 valence electrons. The SMILES string of the molecule is CN(C)CCC1(CN)CC1. The van der Waals surface area contributed by atoms with Crippen molar-refractivity contribution in [3.8, 4) is 0 Å². The fourth-order valence-corrected chi connectivity index (χ4v) is 1.19. The van der Waals surface area contributed by atoms with Gasteiger partial charge in [-0.15, -0.1) is 0 Å². The third-order valence-electron chi connectivity index (χ3n) is 2.48. The van der Waals surface area contributed by atoms with Crippen LogP contribution in [-0.4, -0.2) is 32.1 Å². The summed E-state index contributed by atoms with van der Waals surface area (Å²) in [7, 11) is 4.24. The molecule has 1 aliphatic carbocycles. The Kier molecular flexibility index (Phi) is 2.32.